The van der Waals surface area contributed by atoms with Gasteiger partial charge in [0.2, 0.25) is 29.5 Å². The molecule has 2 saturated heterocycles. The van der Waals surface area contributed by atoms with Gasteiger partial charge in [0.05, 0.1) is 54.3 Å². The highest BCUT2D eigenvalue weighted by Gasteiger charge is 2.45. The highest BCUT2D eigenvalue weighted by molar-refractivity contribution is 6.25. The van der Waals surface area contributed by atoms with Crippen LogP contribution in [0.2, 0.25) is 0 Å². The van der Waals surface area contributed by atoms with Gasteiger partial charge < -0.3 is 44.6 Å². The van der Waals surface area contributed by atoms with Crippen LogP contribution in [0.5, 0.6) is 5.88 Å². The van der Waals surface area contributed by atoms with Crippen molar-refractivity contribution in [1.82, 2.24) is 40.2 Å². The number of piperidine rings is 2. The van der Waals surface area contributed by atoms with Crippen molar-refractivity contribution in [2.24, 2.45) is 0 Å². The Kier molecular flexibility index (Phi) is 16.6. The number of H-pyrrole nitrogens is 1. The molecule has 8 rings (SSSR count). The summed E-state index contributed by atoms with van der Waals surface area (Å²) in [5.41, 5.74) is 5.74. The minimum Gasteiger partial charge on any atom is -0.493 e. The van der Waals surface area contributed by atoms with E-state index in [1.54, 1.807) is 17.0 Å². The molecule has 20 nitrogen and oxygen atoms in total. The van der Waals surface area contributed by atoms with Gasteiger partial charge in [-0.1, -0.05) is 42.5 Å². The average molecular weight is 990 g/mol. The summed E-state index contributed by atoms with van der Waals surface area (Å²) in [7, 11) is 0. The minimum atomic E-state index is -1.04. The van der Waals surface area contributed by atoms with Crippen LogP contribution >= 0.6 is 0 Å². The second-order valence-electron chi connectivity index (χ2n) is 19.1. The van der Waals surface area contributed by atoms with Crippen LogP contribution in [0.15, 0.2) is 66.7 Å². The number of rotatable bonds is 22. The topological polar surface area (TPSA) is 249 Å². The van der Waals surface area contributed by atoms with Crippen LogP contribution in [0, 0.1) is 0 Å². The number of carbonyl (C=O) groups is 6. The third kappa shape index (κ3) is 12.6. The van der Waals surface area contributed by atoms with Crippen molar-refractivity contribution in [1.29, 1.82) is 0 Å². The number of imide groups is 2. The Morgan fingerprint density at radius 1 is 0.806 bits per heavy atom. The number of amides is 6. The van der Waals surface area contributed by atoms with Gasteiger partial charge in [0.1, 0.15) is 18.2 Å². The second-order valence-corrected chi connectivity index (χ2v) is 19.1. The Labute approximate surface area is 417 Å². The maximum absolute atomic E-state index is 13.3. The number of aryl methyl sites for hydroxylation is 2. The molecule has 20 heteroatoms. The van der Waals surface area contributed by atoms with E-state index in [0.717, 1.165) is 51.2 Å². The molecule has 2 aromatic heterocycles. The van der Waals surface area contributed by atoms with Crippen LogP contribution in [0.4, 0.5) is 10.5 Å². The molecule has 5 N–H and O–H groups in total. The zero-order valence-corrected chi connectivity index (χ0v) is 41.0. The molecule has 1 atom stereocenters. The number of ether oxygens (including phenoxy) is 4. The van der Waals surface area contributed by atoms with Gasteiger partial charge in [0.25, 0.3) is 11.8 Å². The van der Waals surface area contributed by atoms with Crippen molar-refractivity contribution >= 4 is 52.3 Å². The highest BCUT2D eigenvalue weighted by atomic mass is 16.6. The van der Waals surface area contributed by atoms with Crippen molar-refractivity contribution in [3.63, 3.8) is 0 Å². The van der Waals surface area contributed by atoms with Gasteiger partial charge in [0, 0.05) is 56.4 Å². The van der Waals surface area contributed by atoms with E-state index < -0.39 is 35.3 Å². The summed E-state index contributed by atoms with van der Waals surface area (Å²) in [5, 5.41) is 24.7. The number of benzene rings is 3. The average Bonchev–Trinajstić information content (AvgIpc) is 4.02. The number of imidazole rings is 1. The summed E-state index contributed by atoms with van der Waals surface area (Å²) >= 11 is 0. The number of carbonyl (C=O) groups excluding carboxylic acids is 6. The van der Waals surface area contributed by atoms with Crippen LogP contribution in [0.25, 0.3) is 17.0 Å². The Hall–Kier alpha value is -7.16. The van der Waals surface area contributed by atoms with Crippen molar-refractivity contribution in [2.45, 2.75) is 89.7 Å². The van der Waals surface area contributed by atoms with E-state index in [1.807, 2.05) is 45.0 Å². The van der Waals surface area contributed by atoms with E-state index >= 15 is 0 Å². The summed E-state index contributed by atoms with van der Waals surface area (Å²) in [6, 6.07) is 19.9. The van der Waals surface area contributed by atoms with Crippen LogP contribution in [-0.4, -0.2) is 148 Å². The van der Waals surface area contributed by atoms with E-state index in [0.29, 0.717) is 96.5 Å². The number of nitrogens with one attached hydrogen (secondary N) is 4. The van der Waals surface area contributed by atoms with E-state index in [-0.39, 0.29) is 54.4 Å². The molecular weight excluding hydrogens is 927 g/mol. The molecule has 6 amide bonds. The molecule has 5 aromatic rings. The molecule has 2 fully saturated rings. The molecular formula is C52H63N9O11. The zero-order chi connectivity index (χ0) is 50.8. The Morgan fingerprint density at radius 3 is 2.25 bits per heavy atom. The number of aromatic hydroxyl groups is 1. The van der Waals surface area contributed by atoms with E-state index in [4.69, 9.17) is 29.0 Å². The monoisotopic (exact) mass is 989 g/mol. The van der Waals surface area contributed by atoms with Gasteiger partial charge >= 0.3 is 6.09 Å². The minimum absolute atomic E-state index is 0.0426. The first-order valence-corrected chi connectivity index (χ1v) is 24.6. The Morgan fingerprint density at radius 2 is 1.53 bits per heavy atom. The fourth-order valence-electron chi connectivity index (χ4n) is 9.12. The molecule has 0 spiro atoms. The lowest BCUT2D eigenvalue weighted by Gasteiger charge is -2.33. The number of para-hydroxylation sites is 2. The summed E-state index contributed by atoms with van der Waals surface area (Å²) in [4.78, 5) is 86.0. The number of likely N-dealkylation sites (tertiary alicyclic amines) is 1. The smallest absolute Gasteiger partial charge is 0.410 e. The number of hydrogen-bond acceptors (Lipinski definition) is 14. The highest BCUT2D eigenvalue weighted by Crippen LogP contribution is 2.37. The molecule has 0 saturated carbocycles. The van der Waals surface area contributed by atoms with Crippen molar-refractivity contribution < 1.29 is 52.8 Å². The molecule has 0 aliphatic carbocycles. The van der Waals surface area contributed by atoms with Crippen LogP contribution in [0.1, 0.15) is 102 Å². The van der Waals surface area contributed by atoms with Crippen molar-refractivity contribution in [3.05, 3.63) is 100 Å². The van der Waals surface area contributed by atoms with Gasteiger partial charge in [-0.25, -0.2) is 9.78 Å². The fourth-order valence-corrected chi connectivity index (χ4v) is 9.12. The maximum atomic E-state index is 13.3. The van der Waals surface area contributed by atoms with Crippen LogP contribution in [0.3, 0.4) is 0 Å². The third-order valence-corrected chi connectivity index (χ3v) is 12.7. The Bertz CT molecular complexity index is 2720. The molecule has 1 unspecified atom stereocenters. The molecule has 3 aliphatic heterocycles. The quantitative estimate of drug-likeness (QED) is 0.0454. The molecule has 5 heterocycles. The van der Waals surface area contributed by atoms with Gasteiger partial charge in [-0.3, -0.25) is 34.2 Å². The molecule has 0 bridgehead atoms. The summed E-state index contributed by atoms with van der Waals surface area (Å²) < 4.78 is 23.9. The summed E-state index contributed by atoms with van der Waals surface area (Å²) in [6.07, 6.45) is 3.97. The van der Waals surface area contributed by atoms with Crippen LogP contribution in [-0.2, 0) is 52.6 Å². The first-order chi connectivity index (χ1) is 34.7. The van der Waals surface area contributed by atoms with Crippen molar-refractivity contribution in [2.75, 3.05) is 71.1 Å². The van der Waals surface area contributed by atoms with E-state index in [2.05, 4.69) is 45.2 Å². The predicted octanol–water partition coefficient (Wildman–Crippen LogP) is 4.97. The number of fused-ring (bicyclic) bond motifs is 2. The Balaban J connectivity index is 0.696. The molecule has 3 aliphatic rings. The van der Waals surface area contributed by atoms with Gasteiger partial charge in [-0.05, 0) is 101 Å². The number of aromatic nitrogens is 4. The maximum Gasteiger partial charge on any atom is 0.410 e. The van der Waals surface area contributed by atoms with Crippen molar-refractivity contribution in [3.8, 4) is 11.8 Å². The second kappa shape index (κ2) is 23.4. The van der Waals surface area contributed by atoms with Gasteiger partial charge in [-0.2, -0.15) is 9.78 Å². The third-order valence-electron chi connectivity index (χ3n) is 12.7. The first-order valence-electron chi connectivity index (χ1n) is 24.6. The van der Waals surface area contributed by atoms with Gasteiger partial charge in [-0.15, -0.1) is 0 Å². The molecule has 0 radical (unpaired) electrons. The number of nitrogens with zero attached hydrogens (tertiary/aromatic N) is 5. The fraction of sp³-hybridized carbons (Fsp3) is 0.462. The van der Waals surface area contributed by atoms with Gasteiger partial charge in [0.15, 0.2) is 0 Å². The lowest BCUT2D eigenvalue weighted by Crippen LogP contribution is -2.54. The largest absolute Gasteiger partial charge is 0.493 e. The molecule has 382 valence electrons. The van der Waals surface area contributed by atoms with Crippen LogP contribution < -0.4 is 16.0 Å². The number of anilines is 1. The zero-order valence-electron chi connectivity index (χ0n) is 41.0. The molecule has 72 heavy (non-hydrogen) atoms. The lowest BCUT2D eigenvalue weighted by molar-refractivity contribution is -0.136. The normalized spacial score (nSPS) is 16.3. The standard InChI is InChI=1S/C52H63N9O11/c1-52(2,3)72-51(68)59-25-21-35(22-26-59)45-37(48(66)61(58-45)50-55-38-10-4-5-11-39(38)56-50)18-17-34-15-13-33(14-16-34)8-7-27-71-32-43(63)54-24-29-70-31-30-69-28-23-53-40-12-6-9-36-44(40)49(67)60(47(36)65)41-19-20-42(62)57-46(41)64/h4-6,9-16,35,41,53,66H,7-8,17-32H2,1-3H3,(H,54,63)(H,55,56)(H,57,62,64). The SMILES string of the molecule is CC(C)(C)OC(=O)N1CCC(c2nn(-c3nc4ccccc4[nH]3)c(O)c2CCc2ccc(CCCOCC(=O)NCCOCCOCCNc3cccc4c3C(=O)N(C3CCC(=O)NC3=O)C4=O)cc2)CC1. The molecule has 3 aromatic carbocycles. The van der Waals surface area contributed by atoms with E-state index in [1.165, 1.54) is 10.7 Å². The summed E-state index contributed by atoms with van der Waals surface area (Å²) in [6.45, 7) is 8.88. The number of hydrogen-bond donors (Lipinski definition) is 5. The lowest BCUT2D eigenvalue weighted by atomic mass is 9.89. The number of aromatic amines is 1. The summed E-state index contributed by atoms with van der Waals surface area (Å²) in [5.74, 6) is -1.93. The van der Waals surface area contributed by atoms with E-state index in [9.17, 15) is 33.9 Å². The predicted molar refractivity (Wildman–Crippen MR) is 264 cm³/mol. The first kappa shape index (κ1) is 51.2.